The van der Waals surface area contributed by atoms with Gasteiger partial charge in [-0.05, 0) is 50.3 Å². The highest BCUT2D eigenvalue weighted by atomic mass is 32.2. The first-order valence-corrected chi connectivity index (χ1v) is 18.2. The molecule has 1 fully saturated rings. The number of allylic oxidation sites excluding steroid dienone is 5. The number of phenols is 1. The van der Waals surface area contributed by atoms with Crippen molar-refractivity contribution in [1.29, 1.82) is 0 Å². The highest BCUT2D eigenvalue weighted by Gasteiger charge is 2.39. The number of benzene rings is 1. The third-order valence-corrected chi connectivity index (χ3v) is 10.3. The Labute approximate surface area is 264 Å². The Morgan fingerprint density at radius 2 is 1.95 bits per heavy atom. The molecule has 0 amide bonds. The predicted molar refractivity (Wildman–Crippen MR) is 175 cm³/mol. The standard InChI is InChI=1S/C30H41N2O8PS.C2H6/c1-7-10-11-12-22-18-40-41(36,31-27(22)30(35)38-9-3)16-15-32(42(6)37)17-20(4)13-14-24-23(8-2)21(5)25-19-39-29(34)26(25)28(24)33;1-2/h7,10-13,27,33H,1,8-9,14-19H2,2-6H3,(H,31,36);1-2H3/b11-10-,20-13+,22-12+;/t27-,41?,42?;/m0./s1. The molecule has 0 saturated carbocycles. The zero-order chi connectivity index (χ0) is 33.0. The lowest BCUT2D eigenvalue weighted by molar-refractivity contribution is -0.144. The van der Waals surface area contributed by atoms with Crippen LogP contribution in [0.25, 0.3) is 0 Å². The second-order valence-electron chi connectivity index (χ2n) is 10.1. The topological polar surface area (TPSA) is 131 Å². The average molecular weight is 651 g/mol. The second kappa shape index (κ2) is 17.6. The molecule has 2 unspecified atom stereocenters. The fourth-order valence-electron chi connectivity index (χ4n) is 5.04. The van der Waals surface area contributed by atoms with Gasteiger partial charge in [0.25, 0.3) is 7.52 Å². The van der Waals surface area contributed by atoms with Gasteiger partial charge < -0.3 is 19.1 Å². The molecule has 1 aromatic carbocycles. The van der Waals surface area contributed by atoms with Gasteiger partial charge in [0.15, 0.2) is 0 Å². The maximum atomic E-state index is 13.6. The monoisotopic (exact) mass is 650 g/mol. The van der Waals surface area contributed by atoms with Crippen molar-refractivity contribution in [2.45, 2.75) is 67.0 Å². The maximum absolute atomic E-state index is 13.6. The number of rotatable bonds is 13. The summed E-state index contributed by atoms with van der Waals surface area (Å²) in [6.07, 6.45) is 11.3. The highest BCUT2D eigenvalue weighted by molar-refractivity contribution is 7.81. The van der Waals surface area contributed by atoms with Gasteiger partial charge in [0.05, 0.1) is 30.4 Å². The lowest BCUT2D eigenvalue weighted by Crippen LogP contribution is -2.44. The van der Waals surface area contributed by atoms with Crippen molar-refractivity contribution in [3.05, 3.63) is 75.9 Å². The van der Waals surface area contributed by atoms with E-state index in [9.17, 15) is 23.5 Å². The first kappa shape index (κ1) is 37.4. The van der Waals surface area contributed by atoms with Gasteiger partial charge in [-0.25, -0.2) is 23.2 Å². The molecule has 2 aliphatic rings. The number of fused-ring (bicyclic) bond motifs is 1. The third-order valence-electron chi connectivity index (χ3n) is 7.30. The Morgan fingerprint density at radius 1 is 1.25 bits per heavy atom. The number of nitrogens with one attached hydrogen (secondary N) is 1. The van der Waals surface area contributed by atoms with Crippen LogP contribution in [0.15, 0.2) is 48.1 Å². The Kier molecular flexibility index (Phi) is 15.0. The molecule has 0 bridgehead atoms. The number of cyclic esters (lactones) is 1. The average Bonchev–Trinajstić information content (AvgIpc) is 3.40. The minimum Gasteiger partial charge on any atom is -0.507 e. The first-order valence-electron chi connectivity index (χ1n) is 14.9. The molecule has 2 heterocycles. The highest BCUT2D eigenvalue weighted by Crippen LogP contribution is 2.47. The molecular weight excluding hydrogens is 603 g/mol. The summed E-state index contributed by atoms with van der Waals surface area (Å²) in [7, 11) is -4.86. The predicted octanol–water partition coefficient (Wildman–Crippen LogP) is 5.46. The lowest BCUT2D eigenvalue weighted by Gasteiger charge is -2.32. The lowest BCUT2D eigenvalue weighted by atomic mass is 9.89. The minimum absolute atomic E-state index is 0.0135. The molecule has 3 atom stereocenters. The van der Waals surface area contributed by atoms with Crippen molar-refractivity contribution >= 4 is 30.4 Å². The molecule has 10 nitrogen and oxygen atoms in total. The number of carbonyl (C=O) groups is 2. The number of carbonyl (C=O) groups excluding carboxylic acids is 2. The molecule has 44 heavy (non-hydrogen) atoms. The van der Waals surface area contributed by atoms with E-state index in [0.717, 1.165) is 22.3 Å². The molecule has 2 aliphatic heterocycles. The fraction of sp³-hybridized carbons (Fsp3) is 0.500. The van der Waals surface area contributed by atoms with Crippen LogP contribution in [0.5, 0.6) is 5.75 Å². The molecule has 0 spiro atoms. The third kappa shape index (κ3) is 9.34. The van der Waals surface area contributed by atoms with Gasteiger partial charge >= 0.3 is 11.9 Å². The smallest absolute Gasteiger partial charge is 0.342 e. The van der Waals surface area contributed by atoms with Crippen molar-refractivity contribution in [2.75, 3.05) is 38.7 Å². The molecule has 244 valence electrons. The van der Waals surface area contributed by atoms with Crippen molar-refractivity contribution in [3.8, 4) is 5.75 Å². The summed E-state index contributed by atoms with van der Waals surface area (Å²) in [4.78, 5) is 24.9. The van der Waals surface area contributed by atoms with Crippen molar-refractivity contribution < 1.29 is 37.5 Å². The summed E-state index contributed by atoms with van der Waals surface area (Å²) >= 11 is 0. The number of nitrogens with zero attached hydrogens (tertiary/aromatic N) is 1. The van der Waals surface area contributed by atoms with Gasteiger partial charge in [-0.3, -0.25) is 4.57 Å². The summed E-state index contributed by atoms with van der Waals surface area (Å²) in [6.45, 7) is 16.0. The van der Waals surface area contributed by atoms with Crippen molar-refractivity contribution in [2.24, 2.45) is 0 Å². The largest absolute Gasteiger partial charge is 0.507 e. The van der Waals surface area contributed by atoms with Gasteiger partial charge in [0, 0.05) is 30.5 Å². The van der Waals surface area contributed by atoms with Crippen LogP contribution in [0.3, 0.4) is 0 Å². The van der Waals surface area contributed by atoms with Gasteiger partial charge in [-0.15, -0.1) is 0 Å². The van der Waals surface area contributed by atoms with E-state index in [0.29, 0.717) is 30.5 Å². The van der Waals surface area contributed by atoms with E-state index < -0.39 is 36.5 Å². The number of esters is 2. The Morgan fingerprint density at radius 3 is 2.57 bits per heavy atom. The summed E-state index contributed by atoms with van der Waals surface area (Å²) in [5.74, 6) is -1.10. The molecule has 12 heteroatoms. The molecule has 0 aromatic heterocycles. The van der Waals surface area contributed by atoms with E-state index in [1.54, 1.807) is 41.8 Å². The van der Waals surface area contributed by atoms with Crippen LogP contribution in [0.1, 0.15) is 67.2 Å². The number of hydrogen-bond donors (Lipinski definition) is 2. The van der Waals surface area contributed by atoms with Crippen LogP contribution >= 0.6 is 7.52 Å². The molecule has 0 radical (unpaired) electrons. The van der Waals surface area contributed by atoms with Crippen LogP contribution in [0.2, 0.25) is 0 Å². The molecular formula is C32H47N2O8PS. The van der Waals surface area contributed by atoms with Gasteiger partial charge in [0.2, 0.25) is 0 Å². The summed E-state index contributed by atoms with van der Waals surface area (Å²) in [5.41, 5.74) is 5.05. The van der Waals surface area contributed by atoms with Gasteiger partial charge in [0.1, 0.15) is 24.0 Å². The van der Waals surface area contributed by atoms with Gasteiger partial charge in [-0.2, -0.15) is 0 Å². The molecule has 1 aromatic rings. The number of ether oxygens (including phenoxy) is 2. The molecule has 2 N–H and O–H groups in total. The number of hydrogen-bond acceptors (Lipinski definition) is 8. The van der Waals surface area contributed by atoms with Crippen molar-refractivity contribution in [3.63, 3.8) is 0 Å². The van der Waals surface area contributed by atoms with E-state index in [-0.39, 0.29) is 43.8 Å². The number of phenolic OH excluding ortho intramolecular Hbond substituents is 1. The quantitative estimate of drug-likeness (QED) is 0.124. The van der Waals surface area contributed by atoms with E-state index in [1.165, 1.54) is 0 Å². The van der Waals surface area contributed by atoms with Gasteiger partial charge in [-0.1, -0.05) is 63.3 Å². The number of aromatic hydroxyl groups is 1. The van der Waals surface area contributed by atoms with E-state index >= 15 is 0 Å². The van der Waals surface area contributed by atoms with Crippen molar-refractivity contribution in [1.82, 2.24) is 9.39 Å². The van der Waals surface area contributed by atoms with E-state index in [2.05, 4.69) is 11.7 Å². The van der Waals surface area contributed by atoms with Crippen LogP contribution in [0.4, 0.5) is 0 Å². The SMILES string of the molecule is C=C/C=C\C=C1/COP(=O)(CCN(C/C(C)=C/Cc2c(O)c3c(c(C)c2CC)COC3=O)S(C)=O)N[C@@H]1C(=O)OCC.CC. The Balaban J connectivity index is 0.00000330. The maximum Gasteiger partial charge on any atom is 0.342 e. The molecule has 1 saturated heterocycles. The normalized spacial score (nSPS) is 21.5. The van der Waals surface area contributed by atoms with Crippen LogP contribution in [0, 0.1) is 6.92 Å². The van der Waals surface area contributed by atoms with Crippen LogP contribution in [-0.2, 0) is 53.8 Å². The summed E-state index contributed by atoms with van der Waals surface area (Å²) in [6, 6.07) is -0.922. The molecule has 0 aliphatic carbocycles. The second-order valence-corrected chi connectivity index (χ2v) is 13.8. The first-order chi connectivity index (χ1) is 21.0. The Bertz CT molecular complexity index is 1380. The van der Waals surface area contributed by atoms with Crippen LogP contribution < -0.4 is 5.09 Å². The van der Waals surface area contributed by atoms with E-state index in [4.69, 9.17) is 14.0 Å². The molecule has 3 rings (SSSR count). The van der Waals surface area contributed by atoms with Crippen LogP contribution in [-0.4, -0.2) is 70.3 Å². The van der Waals surface area contributed by atoms with E-state index in [1.807, 2.05) is 40.7 Å². The minimum atomic E-state index is -3.47. The zero-order valence-corrected chi connectivity index (χ0v) is 28.6. The summed E-state index contributed by atoms with van der Waals surface area (Å²) in [5, 5.41) is 13.8. The fourth-order valence-corrected chi connectivity index (χ4v) is 7.77. The Hall–Kier alpha value is -2.82. The zero-order valence-electron chi connectivity index (χ0n) is 26.9. The summed E-state index contributed by atoms with van der Waals surface area (Å²) < 4.78 is 43.9.